The van der Waals surface area contributed by atoms with E-state index < -0.39 is 0 Å². The van der Waals surface area contributed by atoms with Gasteiger partial charge in [0.15, 0.2) is 0 Å². The van der Waals surface area contributed by atoms with Crippen molar-refractivity contribution in [1.29, 1.82) is 0 Å². The molecule has 2 aliphatic rings. The molecule has 1 aliphatic carbocycles. The van der Waals surface area contributed by atoms with Gasteiger partial charge in [0.25, 0.3) is 0 Å². The average molecular weight is 418 g/mol. The van der Waals surface area contributed by atoms with E-state index in [-0.39, 0.29) is 11.8 Å². The summed E-state index contributed by atoms with van der Waals surface area (Å²) in [5.74, 6) is 1.22. The molecule has 1 aromatic heterocycles. The number of hydrogen-bond donors (Lipinski definition) is 1. The van der Waals surface area contributed by atoms with Crippen LogP contribution in [0.2, 0.25) is 0 Å². The quantitative estimate of drug-likeness (QED) is 0.704. The molecule has 1 aliphatic heterocycles. The van der Waals surface area contributed by atoms with Crippen molar-refractivity contribution >= 4 is 11.8 Å². The van der Waals surface area contributed by atoms with E-state index in [4.69, 9.17) is 0 Å². The second kappa shape index (κ2) is 10.4. The topological polar surface area (TPSA) is 70.5 Å². The maximum Gasteiger partial charge on any atom is 0.225 e. The minimum absolute atomic E-state index is 0.0559. The number of carbonyl (C=O) groups is 2. The molecule has 2 fully saturated rings. The molecule has 2 amide bonds. The van der Waals surface area contributed by atoms with Crippen molar-refractivity contribution in [2.45, 2.75) is 66.3 Å². The SMILES string of the molecule is Cc1nn(CC(C)C)c(C)c1CC(=O)NCCN1CCN(C(=O)C2CCCC2)CC1. The molecule has 1 saturated carbocycles. The molecule has 30 heavy (non-hydrogen) atoms. The molecule has 1 aromatic rings. The van der Waals surface area contributed by atoms with Crippen LogP contribution in [0.4, 0.5) is 0 Å². The van der Waals surface area contributed by atoms with Gasteiger partial charge in [-0.05, 0) is 32.6 Å². The molecule has 0 spiro atoms. The van der Waals surface area contributed by atoms with Gasteiger partial charge in [0.05, 0.1) is 12.1 Å². The number of nitrogens with zero attached hydrogens (tertiary/aromatic N) is 4. The zero-order valence-electron chi connectivity index (χ0n) is 19.2. The molecule has 0 aromatic carbocycles. The van der Waals surface area contributed by atoms with Gasteiger partial charge in [-0.25, -0.2) is 0 Å². The van der Waals surface area contributed by atoms with Crippen LogP contribution in [0.5, 0.6) is 0 Å². The zero-order valence-corrected chi connectivity index (χ0v) is 19.2. The lowest BCUT2D eigenvalue weighted by atomic mass is 10.1. The van der Waals surface area contributed by atoms with Crippen LogP contribution in [0.25, 0.3) is 0 Å². The van der Waals surface area contributed by atoms with Crippen molar-refractivity contribution in [1.82, 2.24) is 24.9 Å². The summed E-state index contributed by atoms with van der Waals surface area (Å²) >= 11 is 0. The van der Waals surface area contributed by atoms with Crippen LogP contribution >= 0.6 is 0 Å². The molecule has 3 rings (SSSR count). The second-order valence-electron chi connectivity index (χ2n) is 9.40. The van der Waals surface area contributed by atoms with Crippen molar-refractivity contribution < 1.29 is 9.59 Å². The Balaban J connectivity index is 1.37. The average Bonchev–Trinajstić information content (AvgIpc) is 3.33. The largest absolute Gasteiger partial charge is 0.355 e. The lowest BCUT2D eigenvalue weighted by Crippen LogP contribution is -2.51. The number of hydrogen-bond acceptors (Lipinski definition) is 4. The summed E-state index contributed by atoms with van der Waals surface area (Å²) in [6.45, 7) is 14.2. The van der Waals surface area contributed by atoms with Crippen LogP contribution < -0.4 is 5.32 Å². The first-order valence-electron chi connectivity index (χ1n) is 11.7. The summed E-state index contributed by atoms with van der Waals surface area (Å²) in [4.78, 5) is 29.4. The standard InChI is InChI=1S/C23H39N5O2/c1-17(2)16-28-19(4)21(18(3)25-28)15-22(29)24-9-10-26-11-13-27(14-12-26)23(30)20-7-5-6-8-20/h17,20H,5-16H2,1-4H3,(H,24,29). The summed E-state index contributed by atoms with van der Waals surface area (Å²) < 4.78 is 2.02. The highest BCUT2D eigenvalue weighted by Gasteiger charge is 2.29. The predicted molar refractivity (Wildman–Crippen MR) is 118 cm³/mol. The summed E-state index contributed by atoms with van der Waals surface area (Å²) in [6, 6.07) is 0. The van der Waals surface area contributed by atoms with E-state index in [1.165, 1.54) is 12.8 Å². The fourth-order valence-corrected chi connectivity index (χ4v) is 4.71. The normalized spacial score (nSPS) is 18.4. The fraction of sp³-hybridized carbons (Fsp3) is 0.783. The van der Waals surface area contributed by atoms with E-state index in [0.717, 1.165) is 69.1 Å². The molecular formula is C23H39N5O2. The first-order valence-corrected chi connectivity index (χ1v) is 11.7. The summed E-state index contributed by atoms with van der Waals surface area (Å²) in [6.07, 6.45) is 4.93. The molecule has 168 valence electrons. The minimum atomic E-state index is 0.0559. The highest BCUT2D eigenvalue weighted by molar-refractivity contribution is 5.79. The lowest BCUT2D eigenvalue weighted by molar-refractivity contribution is -0.137. The number of aryl methyl sites for hydroxylation is 1. The lowest BCUT2D eigenvalue weighted by Gasteiger charge is -2.36. The Morgan fingerprint density at radius 3 is 2.40 bits per heavy atom. The molecule has 2 heterocycles. The Kier molecular flexibility index (Phi) is 7.92. The van der Waals surface area contributed by atoms with E-state index in [9.17, 15) is 9.59 Å². The molecule has 1 saturated heterocycles. The highest BCUT2D eigenvalue weighted by atomic mass is 16.2. The van der Waals surface area contributed by atoms with Crippen molar-refractivity contribution in [2.75, 3.05) is 39.3 Å². The summed E-state index contributed by atoms with van der Waals surface area (Å²) in [5, 5.41) is 7.67. The molecule has 0 radical (unpaired) electrons. The second-order valence-corrected chi connectivity index (χ2v) is 9.40. The Morgan fingerprint density at radius 2 is 1.77 bits per heavy atom. The Hall–Kier alpha value is -1.89. The van der Waals surface area contributed by atoms with Crippen molar-refractivity contribution in [3.8, 4) is 0 Å². The van der Waals surface area contributed by atoms with Crippen LogP contribution in [0.3, 0.4) is 0 Å². The van der Waals surface area contributed by atoms with Gasteiger partial charge < -0.3 is 10.2 Å². The molecule has 7 heteroatoms. The summed E-state index contributed by atoms with van der Waals surface area (Å²) in [5.41, 5.74) is 3.10. The zero-order chi connectivity index (χ0) is 21.7. The van der Waals surface area contributed by atoms with Crippen LogP contribution in [-0.2, 0) is 22.6 Å². The monoisotopic (exact) mass is 417 g/mol. The maximum absolute atomic E-state index is 12.5. The molecular weight excluding hydrogens is 378 g/mol. The Morgan fingerprint density at radius 1 is 1.10 bits per heavy atom. The Labute approximate surface area is 181 Å². The van der Waals surface area contributed by atoms with Gasteiger partial charge in [0.2, 0.25) is 11.8 Å². The van der Waals surface area contributed by atoms with E-state index in [0.29, 0.717) is 24.8 Å². The molecule has 0 atom stereocenters. The third kappa shape index (κ3) is 5.84. The minimum Gasteiger partial charge on any atom is -0.355 e. The van der Waals surface area contributed by atoms with E-state index in [2.05, 4.69) is 36.1 Å². The number of carbonyl (C=O) groups excluding carboxylic acids is 2. The van der Waals surface area contributed by atoms with Gasteiger partial charge in [-0.15, -0.1) is 0 Å². The number of aromatic nitrogens is 2. The van der Waals surface area contributed by atoms with Crippen LogP contribution in [-0.4, -0.2) is 70.7 Å². The van der Waals surface area contributed by atoms with Crippen molar-refractivity contribution in [3.05, 3.63) is 17.0 Å². The van der Waals surface area contributed by atoms with E-state index in [1.54, 1.807) is 0 Å². The first-order chi connectivity index (χ1) is 14.3. The molecule has 0 unspecified atom stereocenters. The molecule has 1 N–H and O–H groups in total. The number of rotatable bonds is 8. The van der Waals surface area contributed by atoms with E-state index >= 15 is 0 Å². The maximum atomic E-state index is 12.5. The number of amides is 2. The van der Waals surface area contributed by atoms with Crippen LogP contribution in [0.15, 0.2) is 0 Å². The third-order valence-corrected chi connectivity index (χ3v) is 6.55. The van der Waals surface area contributed by atoms with E-state index in [1.807, 2.05) is 16.5 Å². The predicted octanol–water partition coefficient (Wildman–Crippen LogP) is 2.15. The van der Waals surface area contributed by atoms with Crippen molar-refractivity contribution in [3.63, 3.8) is 0 Å². The van der Waals surface area contributed by atoms with Gasteiger partial charge in [0, 0.05) is 63.0 Å². The Bertz CT molecular complexity index is 728. The van der Waals surface area contributed by atoms with Crippen LogP contribution in [0.1, 0.15) is 56.5 Å². The highest BCUT2D eigenvalue weighted by Crippen LogP contribution is 2.26. The number of nitrogens with one attached hydrogen (secondary N) is 1. The van der Waals surface area contributed by atoms with Gasteiger partial charge in [-0.3, -0.25) is 19.2 Å². The van der Waals surface area contributed by atoms with Gasteiger partial charge in [-0.2, -0.15) is 5.10 Å². The molecule has 7 nitrogen and oxygen atoms in total. The van der Waals surface area contributed by atoms with Gasteiger partial charge in [0.1, 0.15) is 0 Å². The van der Waals surface area contributed by atoms with Crippen molar-refractivity contribution in [2.24, 2.45) is 11.8 Å². The van der Waals surface area contributed by atoms with Crippen LogP contribution in [0, 0.1) is 25.7 Å². The van der Waals surface area contributed by atoms with Gasteiger partial charge in [-0.1, -0.05) is 26.7 Å². The summed E-state index contributed by atoms with van der Waals surface area (Å²) in [7, 11) is 0. The van der Waals surface area contributed by atoms with Gasteiger partial charge >= 0.3 is 0 Å². The first kappa shape index (κ1) is 22.8. The smallest absolute Gasteiger partial charge is 0.225 e. The third-order valence-electron chi connectivity index (χ3n) is 6.55. The number of piperazine rings is 1. The fourth-order valence-electron chi connectivity index (χ4n) is 4.71. The molecule has 0 bridgehead atoms.